The zero-order valence-corrected chi connectivity index (χ0v) is 9.32. The Morgan fingerprint density at radius 3 is 2.46 bits per heavy atom. The fourth-order valence-corrected chi connectivity index (χ4v) is 1.40. The Hall–Kier alpha value is -0.530. The van der Waals surface area contributed by atoms with Crippen LogP contribution in [0.1, 0.15) is 36.1 Å². The summed E-state index contributed by atoms with van der Waals surface area (Å²) in [5, 5.41) is 0. The van der Waals surface area contributed by atoms with Gasteiger partial charge < -0.3 is 5.73 Å². The minimum Gasteiger partial charge on any atom is -0.324 e. The molecule has 1 aromatic rings. The van der Waals surface area contributed by atoms with Crippen LogP contribution in [-0.2, 0) is 0 Å². The van der Waals surface area contributed by atoms with Crippen LogP contribution in [0.4, 0.5) is 0 Å². The molecular formula is C11H18ClN. The van der Waals surface area contributed by atoms with Crippen molar-refractivity contribution in [2.75, 3.05) is 0 Å². The van der Waals surface area contributed by atoms with Crippen LogP contribution in [0.15, 0.2) is 18.2 Å². The molecule has 1 aromatic carbocycles. The van der Waals surface area contributed by atoms with E-state index < -0.39 is 0 Å². The molecule has 0 unspecified atom stereocenters. The van der Waals surface area contributed by atoms with Gasteiger partial charge in [-0.25, -0.2) is 0 Å². The summed E-state index contributed by atoms with van der Waals surface area (Å²) in [5.74, 6) is 0. The first-order chi connectivity index (χ1) is 5.66. The molecule has 13 heavy (non-hydrogen) atoms. The summed E-state index contributed by atoms with van der Waals surface area (Å²) in [6.45, 7) is 6.38. The topological polar surface area (TPSA) is 26.0 Å². The molecule has 2 heteroatoms. The molecular weight excluding hydrogens is 182 g/mol. The molecule has 2 N–H and O–H groups in total. The first kappa shape index (κ1) is 12.5. The lowest BCUT2D eigenvalue weighted by atomic mass is 9.97. The van der Waals surface area contributed by atoms with Crippen LogP contribution in [0.5, 0.6) is 0 Å². The zero-order chi connectivity index (χ0) is 9.14. The molecule has 0 amide bonds. The maximum atomic E-state index is 5.96. The van der Waals surface area contributed by atoms with Crippen molar-refractivity contribution in [1.82, 2.24) is 0 Å². The van der Waals surface area contributed by atoms with Gasteiger partial charge >= 0.3 is 0 Å². The van der Waals surface area contributed by atoms with Gasteiger partial charge in [-0.2, -0.15) is 0 Å². The van der Waals surface area contributed by atoms with E-state index in [1.807, 2.05) is 0 Å². The average molecular weight is 200 g/mol. The monoisotopic (exact) mass is 199 g/mol. The molecule has 0 saturated heterocycles. The summed E-state index contributed by atoms with van der Waals surface area (Å²) in [5.41, 5.74) is 9.92. The van der Waals surface area contributed by atoms with Gasteiger partial charge in [-0.05, 0) is 37.0 Å². The summed E-state index contributed by atoms with van der Waals surface area (Å²) in [4.78, 5) is 0. The standard InChI is InChI=1S/C11H17N.ClH/c1-4-11(12)10-7-5-6-8(2)9(10)3;/h5-7,11H,4,12H2,1-3H3;1H/t11-;/m0./s1. The first-order valence-electron chi connectivity index (χ1n) is 4.48. The molecule has 0 heterocycles. The minimum absolute atomic E-state index is 0. The van der Waals surface area contributed by atoms with Crippen molar-refractivity contribution in [1.29, 1.82) is 0 Å². The SMILES string of the molecule is CC[C@H](N)c1cccc(C)c1C.Cl. The third-order valence-corrected chi connectivity index (χ3v) is 2.49. The third-order valence-electron chi connectivity index (χ3n) is 2.49. The van der Waals surface area contributed by atoms with E-state index in [4.69, 9.17) is 5.73 Å². The second kappa shape index (κ2) is 5.25. The fourth-order valence-electron chi connectivity index (χ4n) is 1.40. The Labute approximate surface area is 86.7 Å². The number of rotatable bonds is 2. The van der Waals surface area contributed by atoms with Crippen molar-refractivity contribution in [3.63, 3.8) is 0 Å². The zero-order valence-electron chi connectivity index (χ0n) is 8.50. The van der Waals surface area contributed by atoms with E-state index in [-0.39, 0.29) is 18.4 Å². The summed E-state index contributed by atoms with van der Waals surface area (Å²) < 4.78 is 0. The molecule has 1 atom stereocenters. The van der Waals surface area contributed by atoms with Gasteiger partial charge in [0.05, 0.1) is 0 Å². The number of halogens is 1. The van der Waals surface area contributed by atoms with E-state index in [1.165, 1.54) is 16.7 Å². The van der Waals surface area contributed by atoms with Crippen LogP contribution in [0.25, 0.3) is 0 Å². The third kappa shape index (κ3) is 2.71. The second-order valence-electron chi connectivity index (χ2n) is 3.30. The number of benzene rings is 1. The highest BCUT2D eigenvalue weighted by atomic mass is 35.5. The Kier molecular flexibility index (Phi) is 5.04. The molecule has 0 aliphatic rings. The summed E-state index contributed by atoms with van der Waals surface area (Å²) in [6, 6.07) is 6.52. The lowest BCUT2D eigenvalue weighted by Gasteiger charge is -2.13. The molecule has 0 aliphatic heterocycles. The molecule has 0 radical (unpaired) electrons. The van der Waals surface area contributed by atoms with E-state index in [1.54, 1.807) is 0 Å². The summed E-state index contributed by atoms with van der Waals surface area (Å²) in [7, 11) is 0. The van der Waals surface area contributed by atoms with E-state index in [9.17, 15) is 0 Å². The van der Waals surface area contributed by atoms with Crippen LogP contribution in [0, 0.1) is 13.8 Å². The molecule has 74 valence electrons. The average Bonchev–Trinajstić information content (AvgIpc) is 2.08. The maximum absolute atomic E-state index is 5.96. The molecule has 0 saturated carbocycles. The van der Waals surface area contributed by atoms with Gasteiger partial charge in [0.25, 0.3) is 0 Å². The molecule has 1 rings (SSSR count). The first-order valence-corrected chi connectivity index (χ1v) is 4.48. The van der Waals surface area contributed by atoms with Crippen LogP contribution in [0.2, 0.25) is 0 Å². The number of hydrogen-bond donors (Lipinski definition) is 1. The Balaban J connectivity index is 0.00000144. The predicted octanol–water partition coefficient (Wildman–Crippen LogP) is 3.14. The van der Waals surface area contributed by atoms with Crippen molar-refractivity contribution >= 4 is 12.4 Å². The van der Waals surface area contributed by atoms with Crippen molar-refractivity contribution in [3.8, 4) is 0 Å². The Morgan fingerprint density at radius 1 is 1.31 bits per heavy atom. The van der Waals surface area contributed by atoms with Gasteiger partial charge in [0.1, 0.15) is 0 Å². The maximum Gasteiger partial charge on any atom is 0.0294 e. The van der Waals surface area contributed by atoms with Crippen molar-refractivity contribution < 1.29 is 0 Å². The quantitative estimate of drug-likeness (QED) is 0.778. The minimum atomic E-state index is 0. The van der Waals surface area contributed by atoms with Gasteiger partial charge in [0.2, 0.25) is 0 Å². The van der Waals surface area contributed by atoms with Crippen LogP contribution < -0.4 is 5.73 Å². The van der Waals surface area contributed by atoms with E-state index >= 15 is 0 Å². The van der Waals surface area contributed by atoms with Crippen LogP contribution in [-0.4, -0.2) is 0 Å². The number of hydrogen-bond acceptors (Lipinski definition) is 1. The molecule has 0 aromatic heterocycles. The Morgan fingerprint density at radius 2 is 1.92 bits per heavy atom. The van der Waals surface area contributed by atoms with Gasteiger partial charge in [-0.3, -0.25) is 0 Å². The highest BCUT2D eigenvalue weighted by Gasteiger charge is 2.06. The van der Waals surface area contributed by atoms with Crippen LogP contribution >= 0.6 is 12.4 Å². The highest BCUT2D eigenvalue weighted by molar-refractivity contribution is 5.85. The normalized spacial score (nSPS) is 12.0. The van der Waals surface area contributed by atoms with Crippen molar-refractivity contribution in [2.24, 2.45) is 5.73 Å². The summed E-state index contributed by atoms with van der Waals surface area (Å²) >= 11 is 0. The largest absolute Gasteiger partial charge is 0.324 e. The highest BCUT2D eigenvalue weighted by Crippen LogP contribution is 2.20. The predicted molar refractivity (Wildman–Crippen MR) is 60.4 cm³/mol. The molecule has 1 nitrogen and oxygen atoms in total. The molecule has 0 bridgehead atoms. The number of aryl methyl sites for hydroxylation is 1. The van der Waals surface area contributed by atoms with E-state index in [0.29, 0.717) is 0 Å². The lowest BCUT2D eigenvalue weighted by Crippen LogP contribution is -2.10. The van der Waals surface area contributed by atoms with Crippen molar-refractivity contribution in [2.45, 2.75) is 33.2 Å². The van der Waals surface area contributed by atoms with Crippen LogP contribution in [0.3, 0.4) is 0 Å². The van der Waals surface area contributed by atoms with Gasteiger partial charge in [-0.15, -0.1) is 12.4 Å². The van der Waals surface area contributed by atoms with Gasteiger partial charge in [0.15, 0.2) is 0 Å². The lowest BCUT2D eigenvalue weighted by molar-refractivity contribution is 0.693. The Bertz CT molecular complexity index is 271. The van der Waals surface area contributed by atoms with Crippen molar-refractivity contribution in [3.05, 3.63) is 34.9 Å². The second-order valence-corrected chi connectivity index (χ2v) is 3.30. The molecule has 0 aliphatic carbocycles. The van der Waals surface area contributed by atoms with Gasteiger partial charge in [0, 0.05) is 6.04 Å². The van der Waals surface area contributed by atoms with Gasteiger partial charge in [-0.1, -0.05) is 25.1 Å². The fraction of sp³-hybridized carbons (Fsp3) is 0.455. The van der Waals surface area contributed by atoms with E-state index in [0.717, 1.165) is 6.42 Å². The molecule has 0 spiro atoms. The molecule has 0 fully saturated rings. The van der Waals surface area contributed by atoms with E-state index in [2.05, 4.69) is 39.0 Å². The number of nitrogens with two attached hydrogens (primary N) is 1. The summed E-state index contributed by atoms with van der Waals surface area (Å²) in [6.07, 6.45) is 1.00. The smallest absolute Gasteiger partial charge is 0.0294 e.